The molecule has 2 aromatic rings. The minimum atomic E-state index is -1.01. The summed E-state index contributed by atoms with van der Waals surface area (Å²) in [5.41, 5.74) is -0.800. The molecule has 0 aromatic heterocycles. The van der Waals surface area contributed by atoms with Crippen LogP contribution in [-0.2, 0) is 0 Å². The maximum absolute atomic E-state index is 13.0. The molecule has 0 saturated heterocycles. The van der Waals surface area contributed by atoms with Crippen LogP contribution in [0, 0.1) is 15.9 Å². The minimum Gasteiger partial charge on any atom is -0.410 e. The van der Waals surface area contributed by atoms with Gasteiger partial charge in [0.05, 0.1) is 11.0 Å². The van der Waals surface area contributed by atoms with Crippen molar-refractivity contribution in [2.24, 2.45) is 0 Å². The number of hydrogen-bond acceptors (Lipinski definition) is 4. The van der Waals surface area contributed by atoms with Gasteiger partial charge in [-0.15, -0.1) is 0 Å². The number of carbonyl (C=O) groups excluding carboxylic acids is 1. The zero-order valence-corrected chi connectivity index (χ0v) is 12.2. The minimum absolute atomic E-state index is 0.0553. The van der Waals surface area contributed by atoms with Crippen LogP contribution >= 0.6 is 23.2 Å². The van der Waals surface area contributed by atoms with Crippen molar-refractivity contribution in [2.45, 2.75) is 0 Å². The van der Waals surface area contributed by atoms with Gasteiger partial charge in [0.25, 0.3) is 5.69 Å². The molecule has 0 unspecified atom stereocenters. The molecule has 0 heterocycles. The second-order valence-electron chi connectivity index (χ2n) is 4.04. The van der Waals surface area contributed by atoms with Crippen molar-refractivity contribution in [3.8, 4) is 5.75 Å². The number of nitro benzene ring substituents is 1. The van der Waals surface area contributed by atoms with Crippen molar-refractivity contribution in [2.75, 3.05) is 5.32 Å². The number of amides is 1. The summed E-state index contributed by atoms with van der Waals surface area (Å²) in [4.78, 5) is 21.7. The molecule has 6 nitrogen and oxygen atoms in total. The van der Waals surface area contributed by atoms with Crippen LogP contribution in [0.3, 0.4) is 0 Å². The maximum Gasteiger partial charge on any atom is 0.417 e. The fourth-order valence-electron chi connectivity index (χ4n) is 1.59. The number of ether oxygens (including phenoxy) is 1. The van der Waals surface area contributed by atoms with Crippen LogP contribution in [-0.4, -0.2) is 11.0 Å². The summed E-state index contributed by atoms with van der Waals surface area (Å²) in [6, 6.07) is 6.83. The van der Waals surface area contributed by atoms with Gasteiger partial charge in [-0.3, -0.25) is 15.4 Å². The Morgan fingerprint density at radius 3 is 2.41 bits per heavy atom. The molecule has 9 heteroatoms. The third-order valence-electron chi connectivity index (χ3n) is 2.44. The molecule has 0 aliphatic heterocycles. The normalized spacial score (nSPS) is 10.1. The van der Waals surface area contributed by atoms with Gasteiger partial charge in [-0.25, -0.2) is 9.18 Å². The zero-order chi connectivity index (χ0) is 16.3. The van der Waals surface area contributed by atoms with Crippen LogP contribution in [0.4, 0.5) is 20.6 Å². The van der Waals surface area contributed by atoms with Crippen LogP contribution < -0.4 is 10.1 Å². The Kier molecular flexibility index (Phi) is 4.79. The van der Waals surface area contributed by atoms with E-state index in [1.54, 1.807) is 0 Å². The van der Waals surface area contributed by atoms with Crippen molar-refractivity contribution >= 4 is 40.7 Å². The highest BCUT2D eigenvalue weighted by Crippen LogP contribution is 2.27. The van der Waals surface area contributed by atoms with Gasteiger partial charge in [0, 0.05) is 10.0 Å². The number of halogens is 3. The average Bonchev–Trinajstić information content (AvgIpc) is 2.39. The molecule has 0 aliphatic carbocycles. The average molecular weight is 345 g/mol. The van der Waals surface area contributed by atoms with E-state index < -0.39 is 22.5 Å². The fourth-order valence-corrected chi connectivity index (χ4v) is 2.10. The highest BCUT2D eigenvalue weighted by atomic mass is 35.5. The third-order valence-corrected chi connectivity index (χ3v) is 2.88. The lowest BCUT2D eigenvalue weighted by Gasteiger charge is -2.08. The van der Waals surface area contributed by atoms with Crippen molar-refractivity contribution in [1.82, 2.24) is 0 Å². The Balaban J connectivity index is 2.17. The van der Waals surface area contributed by atoms with Gasteiger partial charge in [-0.1, -0.05) is 23.2 Å². The number of anilines is 1. The highest BCUT2D eigenvalue weighted by molar-refractivity contribution is 6.34. The Morgan fingerprint density at radius 2 is 1.82 bits per heavy atom. The van der Waals surface area contributed by atoms with E-state index in [0.29, 0.717) is 6.07 Å². The van der Waals surface area contributed by atoms with Gasteiger partial charge in [0.1, 0.15) is 17.3 Å². The summed E-state index contributed by atoms with van der Waals surface area (Å²) in [5.74, 6) is -0.744. The van der Waals surface area contributed by atoms with E-state index in [1.807, 2.05) is 0 Å². The summed E-state index contributed by atoms with van der Waals surface area (Å²) in [6.45, 7) is 0. The second-order valence-corrected chi connectivity index (χ2v) is 4.91. The SMILES string of the molecule is O=C(Nc1ccc(F)cc1[N+](=O)[O-])Oc1cc(Cl)cc(Cl)c1. The molecular weight excluding hydrogens is 338 g/mol. The Hall–Kier alpha value is -2.38. The number of nitrogens with zero attached hydrogens (tertiary/aromatic N) is 1. The molecular formula is C13H7Cl2FN2O4. The predicted molar refractivity (Wildman–Crippen MR) is 79.2 cm³/mol. The summed E-state index contributed by atoms with van der Waals surface area (Å²) < 4.78 is 17.9. The maximum atomic E-state index is 13.0. The van der Waals surface area contributed by atoms with E-state index >= 15 is 0 Å². The lowest BCUT2D eigenvalue weighted by Crippen LogP contribution is -2.17. The largest absolute Gasteiger partial charge is 0.417 e. The summed E-state index contributed by atoms with van der Waals surface area (Å²) >= 11 is 11.5. The van der Waals surface area contributed by atoms with E-state index in [-0.39, 0.29) is 21.5 Å². The smallest absolute Gasteiger partial charge is 0.410 e. The van der Waals surface area contributed by atoms with E-state index in [2.05, 4.69) is 5.32 Å². The molecule has 2 aromatic carbocycles. The fraction of sp³-hybridized carbons (Fsp3) is 0. The number of nitrogens with one attached hydrogen (secondary N) is 1. The van der Waals surface area contributed by atoms with Crippen molar-refractivity contribution in [3.05, 3.63) is 62.4 Å². The first-order valence-electron chi connectivity index (χ1n) is 5.74. The van der Waals surface area contributed by atoms with Gasteiger partial charge >= 0.3 is 6.09 Å². The first kappa shape index (κ1) is 16.0. The summed E-state index contributed by atoms with van der Waals surface area (Å²) in [5, 5.41) is 13.5. The van der Waals surface area contributed by atoms with Gasteiger partial charge in [0.15, 0.2) is 0 Å². The molecule has 0 radical (unpaired) electrons. The molecule has 0 saturated carbocycles. The highest BCUT2D eigenvalue weighted by Gasteiger charge is 2.18. The molecule has 1 N–H and O–H groups in total. The zero-order valence-electron chi connectivity index (χ0n) is 10.7. The molecule has 22 heavy (non-hydrogen) atoms. The van der Waals surface area contributed by atoms with Crippen molar-refractivity contribution in [1.29, 1.82) is 0 Å². The lowest BCUT2D eigenvalue weighted by molar-refractivity contribution is -0.384. The third kappa shape index (κ3) is 4.06. The predicted octanol–water partition coefficient (Wildman–Crippen LogP) is 4.65. The molecule has 0 aliphatic rings. The number of carbonyl (C=O) groups is 1. The summed E-state index contributed by atoms with van der Waals surface area (Å²) in [6.07, 6.45) is -1.01. The quantitative estimate of drug-likeness (QED) is 0.648. The van der Waals surface area contributed by atoms with Gasteiger partial charge < -0.3 is 4.74 Å². The first-order valence-corrected chi connectivity index (χ1v) is 6.49. The van der Waals surface area contributed by atoms with Crippen molar-refractivity contribution < 1.29 is 18.8 Å². The van der Waals surface area contributed by atoms with E-state index in [0.717, 1.165) is 12.1 Å². The number of rotatable bonds is 3. The number of benzene rings is 2. The van der Waals surface area contributed by atoms with Gasteiger partial charge in [-0.05, 0) is 30.3 Å². The monoisotopic (exact) mass is 344 g/mol. The molecule has 0 spiro atoms. The van der Waals surface area contributed by atoms with E-state index in [9.17, 15) is 19.3 Å². The van der Waals surface area contributed by atoms with Crippen molar-refractivity contribution in [3.63, 3.8) is 0 Å². The first-order chi connectivity index (χ1) is 10.3. The Labute approximate surface area is 133 Å². The number of hydrogen-bond donors (Lipinski definition) is 1. The van der Waals surface area contributed by atoms with E-state index in [1.165, 1.54) is 18.2 Å². The molecule has 2 rings (SSSR count). The summed E-state index contributed by atoms with van der Waals surface area (Å²) in [7, 11) is 0. The van der Waals surface area contributed by atoms with Gasteiger partial charge in [-0.2, -0.15) is 0 Å². The van der Waals surface area contributed by atoms with Crippen LogP contribution in [0.1, 0.15) is 0 Å². The van der Waals surface area contributed by atoms with Crippen LogP contribution in [0.25, 0.3) is 0 Å². The Morgan fingerprint density at radius 1 is 1.18 bits per heavy atom. The van der Waals surface area contributed by atoms with E-state index in [4.69, 9.17) is 27.9 Å². The lowest BCUT2D eigenvalue weighted by atomic mass is 10.2. The van der Waals surface area contributed by atoms with Crippen LogP contribution in [0.2, 0.25) is 10.0 Å². The molecule has 0 atom stereocenters. The molecule has 0 bridgehead atoms. The topological polar surface area (TPSA) is 81.5 Å². The standard InChI is InChI=1S/C13H7Cl2FN2O4/c14-7-3-8(15)5-10(4-7)22-13(19)17-11-2-1-9(16)6-12(11)18(20)21/h1-6H,(H,17,19). The second kappa shape index (κ2) is 6.59. The Bertz CT molecular complexity index is 735. The molecule has 0 fully saturated rings. The molecule has 114 valence electrons. The van der Waals surface area contributed by atoms with Crippen LogP contribution in [0.5, 0.6) is 5.75 Å². The van der Waals surface area contributed by atoms with Crippen LogP contribution in [0.15, 0.2) is 36.4 Å². The van der Waals surface area contributed by atoms with Gasteiger partial charge in [0.2, 0.25) is 0 Å². The number of nitro groups is 1. The molecule has 1 amide bonds.